The Hall–Kier alpha value is -1.61. The Morgan fingerprint density at radius 3 is 2.59 bits per heavy atom. The van der Waals surface area contributed by atoms with Crippen molar-refractivity contribution in [2.24, 2.45) is 0 Å². The first-order valence-corrected chi connectivity index (χ1v) is 5.64. The van der Waals surface area contributed by atoms with Gasteiger partial charge in [-0.1, -0.05) is 30.3 Å². The second kappa shape index (κ2) is 4.72. The minimum absolute atomic E-state index is 0.0821. The summed E-state index contributed by atoms with van der Waals surface area (Å²) in [6, 6.07) is 9.19. The molecule has 1 aliphatic rings. The van der Waals surface area contributed by atoms with Gasteiger partial charge in [-0.15, -0.1) is 11.6 Å². The summed E-state index contributed by atoms with van der Waals surface area (Å²) in [5.74, 6) is -0.868. The average Bonchev–Trinajstić information content (AvgIpc) is 2.64. The molecule has 1 aromatic carbocycles. The van der Waals surface area contributed by atoms with E-state index in [1.165, 1.54) is 7.11 Å². The maximum atomic E-state index is 11.7. The molecule has 0 bridgehead atoms. The molecule has 0 spiro atoms. The van der Waals surface area contributed by atoms with Gasteiger partial charge in [0.2, 0.25) is 0 Å². The molecule has 3 nitrogen and oxygen atoms in total. The summed E-state index contributed by atoms with van der Waals surface area (Å²) in [5, 5.41) is -0.459. The van der Waals surface area contributed by atoms with E-state index in [9.17, 15) is 9.59 Å². The zero-order chi connectivity index (χ0) is 12.4. The van der Waals surface area contributed by atoms with E-state index in [4.69, 9.17) is 11.6 Å². The van der Waals surface area contributed by atoms with Crippen LogP contribution in [0.3, 0.4) is 0 Å². The third-order valence-electron chi connectivity index (χ3n) is 2.70. The van der Waals surface area contributed by atoms with Crippen LogP contribution in [-0.2, 0) is 14.3 Å². The molecule has 0 radical (unpaired) electrons. The van der Waals surface area contributed by atoms with Crippen LogP contribution in [0.15, 0.2) is 35.9 Å². The Labute approximate surface area is 104 Å². The molecule has 4 heteroatoms. The number of ketones is 1. The second-order valence-corrected chi connectivity index (χ2v) is 4.27. The van der Waals surface area contributed by atoms with Crippen molar-refractivity contribution in [3.8, 4) is 0 Å². The van der Waals surface area contributed by atoms with Gasteiger partial charge in [-0.25, -0.2) is 4.79 Å². The standard InChI is InChI=1S/C13H11ClO3/c1-17-13(16)12-10(15)7-9(14)11(12)8-5-3-2-4-6-8/h2-6,9H,7H2,1H3/t9-/m1/s1. The summed E-state index contributed by atoms with van der Waals surface area (Å²) >= 11 is 6.12. The molecule has 88 valence electrons. The number of Topliss-reactive ketones (excluding diaryl/α,β-unsaturated/α-hetero) is 1. The maximum absolute atomic E-state index is 11.7. The molecule has 1 atom stereocenters. The van der Waals surface area contributed by atoms with Gasteiger partial charge >= 0.3 is 5.97 Å². The fraction of sp³-hybridized carbons (Fsp3) is 0.231. The molecule has 1 aromatic rings. The third kappa shape index (κ3) is 2.11. The molecular formula is C13H11ClO3. The highest BCUT2D eigenvalue weighted by Gasteiger charge is 2.36. The third-order valence-corrected chi connectivity index (χ3v) is 3.07. The summed E-state index contributed by atoms with van der Waals surface area (Å²) in [4.78, 5) is 23.3. The van der Waals surface area contributed by atoms with Crippen LogP contribution in [0.2, 0.25) is 0 Å². The lowest BCUT2D eigenvalue weighted by molar-refractivity contribution is -0.137. The van der Waals surface area contributed by atoms with Crippen molar-refractivity contribution in [1.29, 1.82) is 0 Å². The minimum atomic E-state index is -0.614. The van der Waals surface area contributed by atoms with Gasteiger partial charge in [0.25, 0.3) is 0 Å². The van der Waals surface area contributed by atoms with Gasteiger partial charge in [0, 0.05) is 6.42 Å². The highest BCUT2D eigenvalue weighted by atomic mass is 35.5. The van der Waals surface area contributed by atoms with Crippen LogP contribution in [0.1, 0.15) is 12.0 Å². The Balaban J connectivity index is 2.56. The highest BCUT2D eigenvalue weighted by Crippen LogP contribution is 2.35. The van der Waals surface area contributed by atoms with E-state index in [-0.39, 0.29) is 17.8 Å². The van der Waals surface area contributed by atoms with Crippen molar-refractivity contribution in [2.75, 3.05) is 7.11 Å². The highest BCUT2D eigenvalue weighted by molar-refractivity contribution is 6.37. The van der Waals surface area contributed by atoms with Gasteiger partial charge in [-0.05, 0) is 11.1 Å². The van der Waals surface area contributed by atoms with E-state index in [0.29, 0.717) is 5.57 Å². The van der Waals surface area contributed by atoms with Crippen molar-refractivity contribution in [1.82, 2.24) is 0 Å². The number of methoxy groups -OCH3 is 1. The minimum Gasteiger partial charge on any atom is -0.465 e. The Morgan fingerprint density at radius 1 is 1.35 bits per heavy atom. The molecular weight excluding hydrogens is 240 g/mol. The number of rotatable bonds is 2. The Kier molecular flexibility index (Phi) is 3.29. The lowest BCUT2D eigenvalue weighted by Crippen LogP contribution is -2.11. The number of alkyl halides is 1. The summed E-state index contributed by atoms with van der Waals surface area (Å²) in [6.07, 6.45) is 0.149. The van der Waals surface area contributed by atoms with E-state index in [2.05, 4.69) is 4.74 Å². The summed E-state index contributed by atoms with van der Waals surface area (Å²) < 4.78 is 4.63. The molecule has 0 unspecified atom stereocenters. The lowest BCUT2D eigenvalue weighted by atomic mass is 10.0. The molecule has 0 amide bonds. The predicted molar refractivity (Wildman–Crippen MR) is 64.6 cm³/mol. The maximum Gasteiger partial charge on any atom is 0.341 e. The number of ether oxygens (including phenoxy) is 1. The molecule has 0 N–H and O–H groups in total. The summed E-state index contributed by atoms with van der Waals surface area (Å²) in [6.45, 7) is 0. The first-order valence-electron chi connectivity index (χ1n) is 5.20. The molecule has 0 saturated carbocycles. The SMILES string of the molecule is COC(=O)C1=C(c2ccccc2)[C@H](Cl)CC1=O. The predicted octanol–water partition coefficient (Wildman–Crippen LogP) is 2.19. The quantitative estimate of drug-likeness (QED) is 0.459. The van der Waals surface area contributed by atoms with Crippen molar-refractivity contribution < 1.29 is 14.3 Å². The molecule has 0 heterocycles. The first-order chi connectivity index (χ1) is 8.15. The normalized spacial score (nSPS) is 19.6. The van der Waals surface area contributed by atoms with Crippen molar-refractivity contribution >= 4 is 28.9 Å². The van der Waals surface area contributed by atoms with Gasteiger partial charge in [-0.2, -0.15) is 0 Å². The summed E-state index contributed by atoms with van der Waals surface area (Å²) in [7, 11) is 1.26. The van der Waals surface area contributed by atoms with E-state index in [1.54, 1.807) is 0 Å². The smallest absolute Gasteiger partial charge is 0.341 e. The Bertz CT molecular complexity index is 491. The number of halogens is 1. The van der Waals surface area contributed by atoms with Gasteiger partial charge in [0.1, 0.15) is 5.57 Å². The van der Waals surface area contributed by atoms with Crippen LogP contribution in [0.25, 0.3) is 5.57 Å². The first kappa shape index (κ1) is 11.9. The number of carbonyl (C=O) groups excluding carboxylic acids is 2. The van der Waals surface area contributed by atoms with Crippen LogP contribution in [0.5, 0.6) is 0 Å². The van der Waals surface area contributed by atoms with Gasteiger partial charge in [0.05, 0.1) is 12.5 Å². The molecule has 2 rings (SSSR count). The van der Waals surface area contributed by atoms with E-state index in [0.717, 1.165) is 5.56 Å². The molecule has 0 saturated heterocycles. The number of hydrogen-bond donors (Lipinski definition) is 0. The molecule has 1 aliphatic carbocycles. The van der Waals surface area contributed by atoms with Gasteiger partial charge in [-0.3, -0.25) is 4.79 Å². The van der Waals surface area contributed by atoms with Crippen molar-refractivity contribution in [3.63, 3.8) is 0 Å². The Morgan fingerprint density at radius 2 is 2.00 bits per heavy atom. The van der Waals surface area contributed by atoms with E-state index < -0.39 is 11.3 Å². The van der Waals surface area contributed by atoms with Crippen molar-refractivity contribution in [2.45, 2.75) is 11.8 Å². The van der Waals surface area contributed by atoms with Crippen LogP contribution >= 0.6 is 11.6 Å². The number of hydrogen-bond acceptors (Lipinski definition) is 3. The lowest BCUT2D eigenvalue weighted by Gasteiger charge is -2.08. The summed E-state index contributed by atoms with van der Waals surface area (Å²) in [5.41, 5.74) is 1.45. The largest absolute Gasteiger partial charge is 0.465 e. The zero-order valence-electron chi connectivity index (χ0n) is 9.27. The van der Waals surface area contributed by atoms with E-state index in [1.807, 2.05) is 30.3 Å². The number of carbonyl (C=O) groups is 2. The van der Waals surface area contributed by atoms with E-state index >= 15 is 0 Å². The van der Waals surface area contributed by atoms with Crippen LogP contribution in [-0.4, -0.2) is 24.2 Å². The van der Waals surface area contributed by atoms with Crippen LogP contribution < -0.4 is 0 Å². The topological polar surface area (TPSA) is 43.4 Å². The number of allylic oxidation sites excluding steroid dienone is 1. The number of benzene rings is 1. The second-order valence-electron chi connectivity index (χ2n) is 3.74. The average molecular weight is 251 g/mol. The van der Waals surface area contributed by atoms with Gasteiger partial charge < -0.3 is 4.74 Å². The molecule has 0 aromatic heterocycles. The molecule has 0 fully saturated rings. The van der Waals surface area contributed by atoms with Crippen LogP contribution in [0.4, 0.5) is 0 Å². The van der Waals surface area contributed by atoms with Crippen molar-refractivity contribution in [3.05, 3.63) is 41.5 Å². The molecule has 17 heavy (non-hydrogen) atoms. The van der Waals surface area contributed by atoms with Crippen LogP contribution in [0, 0.1) is 0 Å². The fourth-order valence-electron chi connectivity index (χ4n) is 1.94. The molecule has 0 aliphatic heterocycles. The number of esters is 1. The monoisotopic (exact) mass is 250 g/mol. The zero-order valence-corrected chi connectivity index (χ0v) is 10.0. The van der Waals surface area contributed by atoms with Gasteiger partial charge in [0.15, 0.2) is 5.78 Å². The fourth-order valence-corrected chi connectivity index (χ4v) is 2.32.